The lowest BCUT2D eigenvalue weighted by atomic mass is 10.1. The minimum atomic E-state index is -4.51. The van der Waals surface area contributed by atoms with E-state index < -0.39 is 17.8 Å². The second-order valence-electron chi connectivity index (χ2n) is 4.52. The Balaban J connectivity index is 2.16. The molecule has 2 aromatic rings. The number of anilines is 2. The minimum absolute atomic E-state index is 0.174. The molecule has 0 bridgehead atoms. The number of amides is 1. The molecule has 0 atom stereocenters. The average Bonchev–Trinajstić information content (AvgIpc) is 2.37. The number of aryl methyl sites for hydroxylation is 1. The standard InChI is InChI=1S/C14H12F3N3O/c1-8-4-9(6-10(18)5-8)13(21)20-11-2-3-12(19-7-11)14(15,16)17/h2-7H,18H2,1H3,(H,20,21). The smallest absolute Gasteiger partial charge is 0.399 e. The van der Waals surface area contributed by atoms with E-state index >= 15 is 0 Å². The third-order valence-corrected chi connectivity index (χ3v) is 2.67. The summed E-state index contributed by atoms with van der Waals surface area (Å²) in [4.78, 5) is 15.3. The Kier molecular flexibility index (Phi) is 3.84. The maximum Gasteiger partial charge on any atom is 0.433 e. The summed E-state index contributed by atoms with van der Waals surface area (Å²) in [5.41, 5.74) is 6.37. The third-order valence-electron chi connectivity index (χ3n) is 2.67. The molecular weight excluding hydrogens is 283 g/mol. The van der Waals surface area contributed by atoms with E-state index in [1.54, 1.807) is 19.1 Å². The highest BCUT2D eigenvalue weighted by molar-refractivity contribution is 6.04. The molecule has 4 nitrogen and oxygen atoms in total. The first kappa shape index (κ1) is 14.8. The molecular formula is C14H12F3N3O. The molecule has 0 aliphatic rings. The quantitative estimate of drug-likeness (QED) is 0.836. The van der Waals surface area contributed by atoms with Crippen molar-refractivity contribution in [1.29, 1.82) is 0 Å². The minimum Gasteiger partial charge on any atom is -0.399 e. The number of halogens is 3. The SMILES string of the molecule is Cc1cc(N)cc(C(=O)Nc2ccc(C(F)(F)F)nc2)c1. The monoisotopic (exact) mass is 295 g/mol. The highest BCUT2D eigenvalue weighted by Crippen LogP contribution is 2.27. The van der Waals surface area contributed by atoms with E-state index in [0.29, 0.717) is 11.3 Å². The van der Waals surface area contributed by atoms with Crippen LogP contribution in [0.1, 0.15) is 21.6 Å². The zero-order valence-electron chi connectivity index (χ0n) is 11.0. The number of benzene rings is 1. The first-order valence-corrected chi connectivity index (χ1v) is 5.97. The summed E-state index contributed by atoms with van der Waals surface area (Å²) >= 11 is 0. The van der Waals surface area contributed by atoms with Crippen molar-refractivity contribution in [1.82, 2.24) is 4.98 Å². The topological polar surface area (TPSA) is 68.0 Å². The van der Waals surface area contributed by atoms with Gasteiger partial charge >= 0.3 is 6.18 Å². The Hall–Kier alpha value is -2.57. The van der Waals surface area contributed by atoms with E-state index in [1.165, 1.54) is 6.07 Å². The normalized spacial score (nSPS) is 11.2. The van der Waals surface area contributed by atoms with Gasteiger partial charge in [-0.3, -0.25) is 4.79 Å². The number of hydrogen-bond acceptors (Lipinski definition) is 3. The number of alkyl halides is 3. The predicted molar refractivity (Wildman–Crippen MR) is 72.8 cm³/mol. The van der Waals surface area contributed by atoms with Crippen LogP contribution in [0.5, 0.6) is 0 Å². The van der Waals surface area contributed by atoms with Crippen molar-refractivity contribution < 1.29 is 18.0 Å². The molecule has 0 aliphatic carbocycles. The van der Waals surface area contributed by atoms with Gasteiger partial charge in [-0.1, -0.05) is 0 Å². The van der Waals surface area contributed by atoms with Gasteiger partial charge in [0.05, 0.1) is 11.9 Å². The molecule has 7 heteroatoms. The number of nitrogens with zero attached hydrogens (tertiary/aromatic N) is 1. The first-order valence-electron chi connectivity index (χ1n) is 5.97. The number of nitrogen functional groups attached to an aromatic ring is 1. The maximum atomic E-state index is 12.4. The van der Waals surface area contributed by atoms with Crippen molar-refractivity contribution in [3.05, 3.63) is 53.3 Å². The van der Waals surface area contributed by atoms with Gasteiger partial charge in [0.15, 0.2) is 0 Å². The van der Waals surface area contributed by atoms with Gasteiger partial charge in [0.25, 0.3) is 5.91 Å². The highest BCUT2D eigenvalue weighted by atomic mass is 19.4. The van der Waals surface area contributed by atoms with Crippen LogP contribution in [0.15, 0.2) is 36.5 Å². The molecule has 0 spiro atoms. The number of carbonyl (C=O) groups is 1. The van der Waals surface area contributed by atoms with E-state index in [2.05, 4.69) is 10.3 Å². The fourth-order valence-corrected chi connectivity index (χ4v) is 1.78. The van der Waals surface area contributed by atoms with Crippen molar-refractivity contribution in [3.8, 4) is 0 Å². The zero-order chi connectivity index (χ0) is 15.6. The molecule has 1 aromatic heterocycles. The summed E-state index contributed by atoms with van der Waals surface area (Å²) in [6.07, 6.45) is -3.55. The molecule has 2 rings (SSSR count). The molecule has 0 fully saturated rings. The Morgan fingerprint density at radius 3 is 2.48 bits per heavy atom. The number of carbonyl (C=O) groups excluding carboxylic acids is 1. The average molecular weight is 295 g/mol. The zero-order valence-corrected chi connectivity index (χ0v) is 11.0. The maximum absolute atomic E-state index is 12.4. The van der Waals surface area contributed by atoms with Crippen LogP contribution in [0.25, 0.3) is 0 Å². The number of nitrogens with one attached hydrogen (secondary N) is 1. The van der Waals surface area contributed by atoms with Crippen molar-refractivity contribution >= 4 is 17.3 Å². The number of rotatable bonds is 2. The molecule has 0 radical (unpaired) electrons. The Bertz CT molecular complexity index is 646. The molecule has 110 valence electrons. The summed E-state index contributed by atoms with van der Waals surface area (Å²) in [7, 11) is 0. The summed E-state index contributed by atoms with van der Waals surface area (Å²) in [6.45, 7) is 1.78. The summed E-state index contributed by atoms with van der Waals surface area (Å²) in [5, 5.41) is 2.47. The van der Waals surface area contributed by atoms with Gasteiger partial charge in [-0.25, -0.2) is 4.98 Å². The van der Waals surface area contributed by atoms with Crippen molar-refractivity contribution in [2.45, 2.75) is 13.1 Å². The summed E-state index contributed by atoms with van der Waals surface area (Å²) in [5.74, 6) is -0.466. The van der Waals surface area contributed by atoms with Crippen molar-refractivity contribution in [2.24, 2.45) is 0 Å². The van der Waals surface area contributed by atoms with Crippen LogP contribution < -0.4 is 11.1 Å². The van der Waals surface area contributed by atoms with Gasteiger partial charge in [0, 0.05) is 11.3 Å². The fourth-order valence-electron chi connectivity index (χ4n) is 1.78. The predicted octanol–water partition coefficient (Wildman–Crippen LogP) is 3.24. The van der Waals surface area contributed by atoms with Crippen LogP contribution in [-0.4, -0.2) is 10.9 Å². The second-order valence-corrected chi connectivity index (χ2v) is 4.52. The number of nitrogens with two attached hydrogens (primary N) is 1. The number of hydrogen-bond donors (Lipinski definition) is 2. The lowest BCUT2D eigenvalue weighted by molar-refractivity contribution is -0.141. The van der Waals surface area contributed by atoms with Gasteiger partial charge in [-0.2, -0.15) is 13.2 Å². The van der Waals surface area contributed by atoms with Gasteiger partial charge in [-0.05, 0) is 42.8 Å². The molecule has 0 aliphatic heterocycles. The lowest BCUT2D eigenvalue weighted by Gasteiger charge is -2.09. The van der Waals surface area contributed by atoms with E-state index in [0.717, 1.165) is 23.9 Å². The van der Waals surface area contributed by atoms with Crippen LogP contribution in [0.4, 0.5) is 24.5 Å². The summed E-state index contributed by atoms with van der Waals surface area (Å²) < 4.78 is 37.1. The van der Waals surface area contributed by atoms with E-state index in [9.17, 15) is 18.0 Å². The number of pyridine rings is 1. The van der Waals surface area contributed by atoms with Crippen LogP contribution in [0.2, 0.25) is 0 Å². The van der Waals surface area contributed by atoms with Gasteiger partial charge in [0.1, 0.15) is 5.69 Å². The first-order chi connectivity index (χ1) is 9.75. The largest absolute Gasteiger partial charge is 0.433 e. The van der Waals surface area contributed by atoms with E-state index in [4.69, 9.17) is 5.73 Å². The van der Waals surface area contributed by atoms with Crippen LogP contribution >= 0.6 is 0 Å². The van der Waals surface area contributed by atoms with E-state index in [-0.39, 0.29) is 5.69 Å². The van der Waals surface area contributed by atoms with Gasteiger partial charge in [0.2, 0.25) is 0 Å². The highest BCUT2D eigenvalue weighted by Gasteiger charge is 2.32. The van der Waals surface area contributed by atoms with Crippen LogP contribution in [0.3, 0.4) is 0 Å². The molecule has 3 N–H and O–H groups in total. The molecule has 1 heterocycles. The fraction of sp³-hybridized carbons (Fsp3) is 0.143. The molecule has 0 saturated carbocycles. The Morgan fingerprint density at radius 2 is 1.95 bits per heavy atom. The van der Waals surface area contributed by atoms with Crippen LogP contribution in [0, 0.1) is 6.92 Å². The molecule has 21 heavy (non-hydrogen) atoms. The molecule has 1 amide bonds. The molecule has 0 unspecified atom stereocenters. The number of aromatic nitrogens is 1. The third kappa shape index (κ3) is 3.71. The van der Waals surface area contributed by atoms with Crippen LogP contribution in [-0.2, 0) is 6.18 Å². The second kappa shape index (κ2) is 5.43. The summed E-state index contributed by atoms with van der Waals surface area (Å²) in [6, 6.07) is 6.77. The Morgan fingerprint density at radius 1 is 1.24 bits per heavy atom. The Labute approximate surface area is 118 Å². The van der Waals surface area contributed by atoms with E-state index in [1.807, 2.05) is 0 Å². The molecule has 0 saturated heterocycles. The van der Waals surface area contributed by atoms with Gasteiger partial charge in [-0.15, -0.1) is 0 Å². The van der Waals surface area contributed by atoms with Crippen molar-refractivity contribution in [3.63, 3.8) is 0 Å². The van der Waals surface area contributed by atoms with Gasteiger partial charge < -0.3 is 11.1 Å². The lowest BCUT2D eigenvalue weighted by Crippen LogP contribution is -2.14. The molecule has 1 aromatic carbocycles. The van der Waals surface area contributed by atoms with Crippen molar-refractivity contribution in [2.75, 3.05) is 11.1 Å².